The number of hydrogen-bond donors (Lipinski definition) is 1. The molecule has 3 atom stereocenters. The minimum Gasteiger partial charge on any atom is -0.631 e. The Labute approximate surface area is 136 Å². The van der Waals surface area contributed by atoms with Crippen LogP contribution in [0.4, 0.5) is 10.5 Å². The quantitative estimate of drug-likeness (QED) is 0.634. The summed E-state index contributed by atoms with van der Waals surface area (Å²) in [4.78, 5) is 13.4. The van der Waals surface area contributed by atoms with Crippen LogP contribution in [0.15, 0.2) is 18.2 Å². The van der Waals surface area contributed by atoms with Gasteiger partial charge in [-0.1, -0.05) is 0 Å². The number of anilines is 1. The average Bonchev–Trinajstić information content (AvgIpc) is 2.81. The fourth-order valence-corrected chi connectivity index (χ4v) is 4.01. The van der Waals surface area contributed by atoms with Crippen LogP contribution >= 0.6 is 12.4 Å². The van der Waals surface area contributed by atoms with Crippen LogP contribution in [0.5, 0.6) is 5.75 Å². The van der Waals surface area contributed by atoms with Crippen LogP contribution < -0.4 is 15.0 Å². The Balaban J connectivity index is 0.00000176. The highest BCUT2D eigenvalue weighted by Gasteiger charge is 2.58. The summed E-state index contributed by atoms with van der Waals surface area (Å²) in [5.74, 6) is 0.510. The largest absolute Gasteiger partial charge is 0.631 e. The van der Waals surface area contributed by atoms with Gasteiger partial charge in [0.05, 0.1) is 19.0 Å². The summed E-state index contributed by atoms with van der Waals surface area (Å²) in [5, 5.41) is 15.1. The molecule has 0 aliphatic carbocycles. The molecule has 7 heteroatoms. The third-order valence-electron chi connectivity index (χ3n) is 4.91. The second kappa shape index (κ2) is 5.30. The molecule has 0 saturated carbocycles. The standard InChI is InChI=1S/C15H21N3O3.ClH/c1-15-7-8-18(4,20)13(15)17(3)12-6-5-10(9-11(12)15)21-14(19)16-2;/h5-6,9,13H,7-8H2,1-4H3,(H,16,19);1H/t13-,15-,18?;/m0./s1. The summed E-state index contributed by atoms with van der Waals surface area (Å²) in [6.07, 6.45) is 0.222. The van der Waals surface area contributed by atoms with Crippen LogP contribution in [0, 0.1) is 5.21 Å². The van der Waals surface area contributed by atoms with Crippen molar-refractivity contribution in [1.29, 1.82) is 0 Å². The molecule has 1 fully saturated rings. The fraction of sp³-hybridized carbons (Fsp3) is 0.533. The van der Waals surface area contributed by atoms with Crippen molar-refractivity contribution in [3.63, 3.8) is 0 Å². The number of halogens is 1. The van der Waals surface area contributed by atoms with Crippen LogP contribution in [-0.2, 0) is 5.41 Å². The van der Waals surface area contributed by atoms with E-state index in [0.29, 0.717) is 12.3 Å². The number of amides is 1. The lowest BCUT2D eigenvalue weighted by molar-refractivity contribution is -0.874. The summed E-state index contributed by atoms with van der Waals surface area (Å²) in [6, 6.07) is 5.59. The van der Waals surface area contributed by atoms with E-state index in [-0.39, 0.29) is 28.6 Å². The van der Waals surface area contributed by atoms with E-state index in [1.807, 2.05) is 19.2 Å². The first-order chi connectivity index (χ1) is 9.79. The predicted molar refractivity (Wildman–Crippen MR) is 87.4 cm³/mol. The lowest BCUT2D eigenvalue weighted by atomic mass is 9.81. The van der Waals surface area contributed by atoms with Gasteiger partial charge in [0.2, 0.25) is 0 Å². The number of fused-ring (bicyclic) bond motifs is 3. The number of carbonyl (C=O) groups excluding carboxylic acids is 1. The van der Waals surface area contributed by atoms with Gasteiger partial charge in [-0.05, 0) is 30.7 Å². The first kappa shape index (κ1) is 16.9. The molecule has 6 nitrogen and oxygen atoms in total. The molecule has 122 valence electrons. The van der Waals surface area contributed by atoms with E-state index in [9.17, 15) is 10.0 Å². The van der Waals surface area contributed by atoms with E-state index in [2.05, 4.69) is 17.1 Å². The number of hydroxylamine groups is 3. The third kappa shape index (κ3) is 2.22. The molecule has 0 radical (unpaired) electrons. The van der Waals surface area contributed by atoms with E-state index in [1.165, 1.54) is 7.05 Å². The number of nitrogens with one attached hydrogen (secondary N) is 1. The van der Waals surface area contributed by atoms with Crippen molar-refractivity contribution >= 4 is 24.2 Å². The number of benzene rings is 1. The molecule has 1 aromatic carbocycles. The second-order valence-electron chi connectivity index (χ2n) is 6.37. The molecule has 2 aliphatic heterocycles. The number of likely N-dealkylation sites (tertiary alicyclic amines) is 1. The predicted octanol–water partition coefficient (Wildman–Crippen LogP) is 2.21. The smallest absolute Gasteiger partial charge is 0.412 e. The average molecular weight is 328 g/mol. The van der Waals surface area contributed by atoms with E-state index >= 15 is 0 Å². The topological polar surface area (TPSA) is 64.6 Å². The monoisotopic (exact) mass is 327 g/mol. The summed E-state index contributed by atoms with van der Waals surface area (Å²) in [6.45, 7) is 2.73. The minimum absolute atomic E-state index is 0. The van der Waals surface area contributed by atoms with E-state index in [4.69, 9.17) is 4.74 Å². The summed E-state index contributed by atoms with van der Waals surface area (Å²) in [7, 11) is 5.23. The Morgan fingerprint density at radius 1 is 1.55 bits per heavy atom. The van der Waals surface area contributed by atoms with E-state index in [1.54, 1.807) is 13.1 Å². The molecule has 1 aromatic rings. The van der Waals surface area contributed by atoms with Crippen molar-refractivity contribution in [3.8, 4) is 5.75 Å². The Kier molecular flexibility index (Phi) is 4.06. The van der Waals surface area contributed by atoms with Crippen LogP contribution in [0.2, 0.25) is 0 Å². The highest BCUT2D eigenvalue weighted by molar-refractivity contribution is 5.85. The van der Waals surface area contributed by atoms with Crippen LogP contribution in [-0.4, -0.2) is 44.6 Å². The molecule has 22 heavy (non-hydrogen) atoms. The number of rotatable bonds is 1. The lowest BCUT2D eigenvalue weighted by Crippen LogP contribution is -2.54. The van der Waals surface area contributed by atoms with E-state index < -0.39 is 6.09 Å². The second-order valence-corrected chi connectivity index (χ2v) is 6.37. The zero-order valence-electron chi connectivity index (χ0n) is 13.3. The molecule has 1 unspecified atom stereocenters. The molecule has 1 saturated heterocycles. The zero-order valence-corrected chi connectivity index (χ0v) is 14.1. The van der Waals surface area contributed by atoms with Gasteiger partial charge in [0.1, 0.15) is 5.75 Å². The first-order valence-electron chi connectivity index (χ1n) is 7.13. The zero-order chi connectivity index (χ0) is 15.4. The van der Waals surface area contributed by atoms with Crippen LogP contribution in [0.3, 0.4) is 0 Å². The number of ether oxygens (including phenoxy) is 1. The number of hydrogen-bond acceptors (Lipinski definition) is 4. The summed E-state index contributed by atoms with van der Waals surface area (Å²) >= 11 is 0. The van der Waals surface area contributed by atoms with Gasteiger partial charge < -0.3 is 24.8 Å². The molecular formula is C15H22ClN3O3. The van der Waals surface area contributed by atoms with Crippen molar-refractivity contribution in [2.75, 3.05) is 32.6 Å². The minimum atomic E-state index is -0.487. The normalized spacial score (nSPS) is 32.0. The van der Waals surface area contributed by atoms with Crippen molar-refractivity contribution in [3.05, 3.63) is 29.0 Å². The van der Waals surface area contributed by atoms with Crippen molar-refractivity contribution in [1.82, 2.24) is 5.32 Å². The van der Waals surface area contributed by atoms with Gasteiger partial charge >= 0.3 is 6.09 Å². The van der Waals surface area contributed by atoms with Gasteiger partial charge in [-0.25, -0.2) is 4.79 Å². The Hall–Kier alpha value is -1.50. The highest BCUT2D eigenvalue weighted by atomic mass is 35.5. The summed E-state index contributed by atoms with van der Waals surface area (Å²) < 4.78 is 4.96. The van der Waals surface area contributed by atoms with Crippen LogP contribution in [0.1, 0.15) is 18.9 Å². The number of quaternary nitrogens is 1. The van der Waals surface area contributed by atoms with Gasteiger partial charge in [-0.15, -0.1) is 12.4 Å². The molecule has 0 aromatic heterocycles. The van der Waals surface area contributed by atoms with Crippen molar-refractivity contribution in [2.24, 2.45) is 0 Å². The number of likely N-dealkylation sites (N-methyl/N-ethyl adjacent to an activating group) is 2. The fourth-order valence-electron chi connectivity index (χ4n) is 4.01. The molecule has 1 N–H and O–H groups in total. The van der Waals surface area contributed by atoms with Gasteiger partial charge in [0.15, 0.2) is 6.17 Å². The first-order valence-corrected chi connectivity index (χ1v) is 7.13. The molecular weight excluding hydrogens is 306 g/mol. The summed E-state index contributed by atoms with van der Waals surface area (Å²) in [5.41, 5.74) is 1.93. The third-order valence-corrected chi connectivity index (χ3v) is 4.91. The van der Waals surface area contributed by atoms with Gasteiger partial charge in [-0.3, -0.25) is 0 Å². The molecule has 1 amide bonds. The van der Waals surface area contributed by atoms with Crippen LogP contribution in [0.25, 0.3) is 0 Å². The van der Waals surface area contributed by atoms with Crippen molar-refractivity contribution in [2.45, 2.75) is 24.9 Å². The molecule has 2 heterocycles. The van der Waals surface area contributed by atoms with Gasteiger partial charge in [0, 0.05) is 26.2 Å². The van der Waals surface area contributed by atoms with Crippen molar-refractivity contribution < 1.29 is 14.2 Å². The molecule has 0 bridgehead atoms. The highest BCUT2D eigenvalue weighted by Crippen LogP contribution is 2.53. The molecule has 3 rings (SSSR count). The number of carbonyl (C=O) groups is 1. The molecule has 2 aliphatic rings. The van der Waals surface area contributed by atoms with Gasteiger partial charge in [0.25, 0.3) is 0 Å². The Morgan fingerprint density at radius 3 is 2.86 bits per heavy atom. The van der Waals surface area contributed by atoms with E-state index in [0.717, 1.165) is 17.7 Å². The maximum absolute atomic E-state index is 12.7. The lowest BCUT2D eigenvalue weighted by Gasteiger charge is -2.44. The molecule has 0 spiro atoms. The maximum atomic E-state index is 12.7. The Morgan fingerprint density at radius 2 is 2.23 bits per heavy atom. The van der Waals surface area contributed by atoms with Gasteiger partial charge in [-0.2, -0.15) is 0 Å². The number of nitrogens with zero attached hydrogens (tertiary/aromatic N) is 2. The SMILES string of the molecule is CNC(=O)Oc1ccc2c(c1)[C@]1(C)CC[N+](C)([O-])[C@@H]1N2C.Cl. The maximum Gasteiger partial charge on any atom is 0.412 e. The Bertz CT molecular complexity index is 608.